The molecule has 9 nitrogen and oxygen atoms in total. The highest BCUT2D eigenvalue weighted by Gasteiger charge is 2.47. The Kier molecular flexibility index (Phi) is 5.37. The zero-order valence-electron chi connectivity index (χ0n) is 14.8. The highest BCUT2D eigenvalue weighted by atomic mass is 19.1. The quantitative estimate of drug-likeness (QED) is 0.321. The molecule has 1 amide bonds. The fourth-order valence-electron chi connectivity index (χ4n) is 4.67. The molecule has 7 atom stereocenters. The lowest BCUT2D eigenvalue weighted by Crippen LogP contribution is -2.61. The van der Waals surface area contributed by atoms with E-state index in [1.165, 1.54) is 0 Å². The van der Waals surface area contributed by atoms with Gasteiger partial charge in [0.15, 0.2) is 0 Å². The number of carbonyl (C=O) groups excluding carboxylic acids is 1. The van der Waals surface area contributed by atoms with E-state index in [1.807, 2.05) is 0 Å². The van der Waals surface area contributed by atoms with Gasteiger partial charge in [-0.05, 0) is 18.9 Å². The van der Waals surface area contributed by atoms with E-state index in [9.17, 15) is 9.18 Å². The van der Waals surface area contributed by atoms with Crippen LogP contribution in [0.1, 0.15) is 6.42 Å². The molecular weight excluding hydrogens is 339 g/mol. The van der Waals surface area contributed by atoms with Crippen molar-refractivity contribution in [1.29, 1.82) is 0 Å². The molecule has 4 heterocycles. The van der Waals surface area contributed by atoms with E-state index in [1.54, 1.807) is 11.3 Å². The second kappa shape index (κ2) is 7.73. The van der Waals surface area contributed by atoms with Gasteiger partial charge in [0.2, 0.25) is 5.91 Å². The third kappa shape index (κ3) is 3.56. The standard InChI is InChI=1S/C16H29FN8O/c17-10-5-22-15-13(14(18)24-25(15)7-10)16(26)23-12-6-19-2-1-11(12)9-3-20-8-21-4-9/h8-15,19,22,24H,1-7,18H2,(H,20,21)(H,23,26). The third-order valence-corrected chi connectivity index (χ3v) is 5.99. The molecule has 0 aliphatic carbocycles. The number of fused-ring (bicyclic) bond motifs is 1. The summed E-state index contributed by atoms with van der Waals surface area (Å²) in [5, 5.41) is 14.6. The first-order chi connectivity index (χ1) is 12.6. The highest BCUT2D eigenvalue weighted by Crippen LogP contribution is 2.26. The average molecular weight is 368 g/mol. The normalized spacial score (nSPS) is 43.5. The second-order valence-corrected chi connectivity index (χ2v) is 7.72. The topological polar surface area (TPSA) is 119 Å². The molecule has 4 rings (SSSR count). The van der Waals surface area contributed by atoms with Gasteiger partial charge in [-0.25, -0.2) is 14.8 Å². The number of aliphatic imine (C=N–C) groups is 1. The minimum Gasteiger partial charge on any atom is -0.376 e. The number of nitrogens with zero attached hydrogens (tertiary/aromatic N) is 2. The number of rotatable bonds is 3. The number of nitrogens with two attached hydrogens (primary N) is 1. The molecule has 4 aliphatic heterocycles. The van der Waals surface area contributed by atoms with Crippen molar-refractivity contribution >= 4 is 12.2 Å². The monoisotopic (exact) mass is 368 g/mol. The number of alkyl halides is 1. The largest absolute Gasteiger partial charge is 0.376 e. The summed E-state index contributed by atoms with van der Waals surface area (Å²) in [6, 6.07) is 0.0510. The van der Waals surface area contributed by atoms with Gasteiger partial charge >= 0.3 is 0 Å². The number of hydrogen-bond donors (Lipinski definition) is 6. The fraction of sp³-hybridized carbons (Fsp3) is 0.875. The van der Waals surface area contributed by atoms with Gasteiger partial charge in [-0.3, -0.25) is 15.1 Å². The van der Waals surface area contributed by atoms with Crippen molar-refractivity contribution in [2.45, 2.75) is 31.0 Å². The molecule has 26 heavy (non-hydrogen) atoms. The fourth-order valence-corrected chi connectivity index (χ4v) is 4.67. The number of nitrogens with one attached hydrogen (secondary N) is 5. The molecule has 146 valence electrons. The van der Waals surface area contributed by atoms with Crippen LogP contribution in [0.5, 0.6) is 0 Å². The summed E-state index contributed by atoms with van der Waals surface area (Å²) in [6.45, 7) is 3.89. The Morgan fingerprint density at radius 3 is 3.04 bits per heavy atom. The lowest BCUT2D eigenvalue weighted by atomic mass is 9.80. The Bertz CT molecular complexity index is 548. The predicted octanol–water partition coefficient (Wildman–Crippen LogP) is -2.68. The van der Waals surface area contributed by atoms with E-state index >= 15 is 0 Å². The predicted molar refractivity (Wildman–Crippen MR) is 95.8 cm³/mol. The van der Waals surface area contributed by atoms with Gasteiger partial charge < -0.3 is 21.7 Å². The molecule has 3 saturated heterocycles. The van der Waals surface area contributed by atoms with Crippen LogP contribution < -0.4 is 32.4 Å². The Hall–Kier alpha value is -1.33. The summed E-state index contributed by atoms with van der Waals surface area (Å²) in [4.78, 5) is 17.4. The Labute approximate surface area is 152 Å². The molecule has 0 bridgehead atoms. The summed E-state index contributed by atoms with van der Waals surface area (Å²) in [5.41, 5.74) is 9.18. The second-order valence-electron chi connectivity index (χ2n) is 7.72. The van der Waals surface area contributed by atoms with Crippen molar-refractivity contribution in [2.24, 2.45) is 28.5 Å². The molecule has 0 saturated carbocycles. The van der Waals surface area contributed by atoms with Gasteiger partial charge in [-0.2, -0.15) is 0 Å². The zero-order valence-corrected chi connectivity index (χ0v) is 14.8. The van der Waals surface area contributed by atoms with E-state index in [0.29, 0.717) is 11.8 Å². The number of halogens is 1. The maximum atomic E-state index is 13.6. The zero-order chi connectivity index (χ0) is 18.1. The van der Waals surface area contributed by atoms with Crippen LogP contribution >= 0.6 is 0 Å². The molecule has 0 spiro atoms. The van der Waals surface area contributed by atoms with Gasteiger partial charge in [0.1, 0.15) is 6.17 Å². The highest BCUT2D eigenvalue weighted by molar-refractivity contribution is 5.80. The molecule has 0 aromatic carbocycles. The van der Waals surface area contributed by atoms with Crippen LogP contribution in [0.3, 0.4) is 0 Å². The van der Waals surface area contributed by atoms with E-state index in [0.717, 1.165) is 32.6 Å². The first-order valence-corrected chi connectivity index (χ1v) is 9.52. The minimum absolute atomic E-state index is 0.0510. The molecule has 3 fully saturated rings. The van der Waals surface area contributed by atoms with Gasteiger partial charge in [-0.1, -0.05) is 0 Å². The summed E-state index contributed by atoms with van der Waals surface area (Å²) in [7, 11) is 0. The van der Waals surface area contributed by atoms with Crippen LogP contribution in [0.25, 0.3) is 0 Å². The van der Waals surface area contributed by atoms with Crippen LogP contribution in [0.2, 0.25) is 0 Å². The van der Waals surface area contributed by atoms with Crippen molar-refractivity contribution in [3.8, 4) is 0 Å². The number of hydrogen-bond acceptors (Lipinski definition) is 8. The summed E-state index contributed by atoms with van der Waals surface area (Å²) in [5.74, 6) is 0.265. The van der Waals surface area contributed by atoms with Crippen LogP contribution in [0, 0.1) is 17.8 Å². The lowest BCUT2D eigenvalue weighted by Gasteiger charge is -2.39. The number of piperidine rings is 1. The smallest absolute Gasteiger partial charge is 0.229 e. The van der Waals surface area contributed by atoms with Crippen molar-refractivity contribution in [1.82, 2.24) is 31.7 Å². The van der Waals surface area contributed by atoms with Crippen LogP contribution in [-0.2, 0) is 4.79 Å². The summed E-state index contributed by atoms with van der Waals surface area (Å²) < 4.78 is 13.6. The van der Waals surface area contributed by atoms with E-state index in [2.05, 4.69) is 31.7 Å². The Balaban J connectivity index is 1.41. The van der Waals surface area contributed by atoms with Crippen LogP contribution in [0.15, 0.2) is 4.99 Å². The Morgan fingerprint density at radius 1 is 1.35 bits per heavy atom. The number of amides is 1. The molecule has 0 aromatic rings. The molecule has 0 radical (unpaired) electrons. The minimum atomic E-state index is -0.959. The van der Waals surface area contributed by atoms with Crippen LogP contribution in [0.4, 0.5) is 4.39 Å². The SMILES string of the molecule is NC1NN2CC(F)CNC2C1C(=O)NC1CNCCC1C1CN=CNC1. The molecule has 7 unspecified atom stereocenters. The van der Waals surface area contributed by atoms with Crippen molar-refractivity contribution < 1.29 is 9.18 Å². The first-order valence-electron chi connectivity index (χ1n) is 9.52. The van der Waals surface area contributed by atoms with Crippen molar-refractivity contribution in [3.63, 3.8) is 0 Å². The lowest BCUT2D eigenvalue weighted by molar-refractivity contribution is -0.128. The van der Waals surface area contributed by atoms with Gasteiger partial charge in [-0.15, -0.1) is 0 Å². The molecule has 10 heteroatoms. The molecule has 7 N–H and O–H groups in total. The van der Waals surface area contributed by atoms with Crippen molar-refractivity contribution in [2.75, 3.05) is 39.3 Å². The third-order valence-electron chi connectivity index (χ3n) is 5.99. The molecular formula is C16H29FN8O. The van der Waals surface area contributed by atoms with E-state index < -0.39 is 18.3 Å². The summed E-state index contributed by atoms with van der Waals surface area (Å²) in [6.07, 6.45) is 1.02. The van der Waals surface area contributed by atoms with E-state index in [-0.39, 0.29) is 31.2 Å². The van der Waals surface area contributed by atoms with Gasteiger partial charge in [0, 0.05) is 44.7 Å². The maximum Gasteiger partial charge on any atom is 0.229 e. The average Bonchev–Trinajstić information content (AvgIpc) is 2.97. The molecule has 4 aliphatic rings. The number of hydrazine groups is 1. The summed E-state index contributed by atoms with van der Waals surface area (Å²) >= 11 is 0. The van der Waals surface area contributed by atoms with Crippen LogP contribution in [-0.4, -0.2) is 81.1 Å². The number of carbonyl (C=O) groups is 1. The van der Waals surface area contributed by atoms with E-state index in [4.69, 9.17) is 5.73 Å². The van der Waals surface area contributed by atoms with Gasteiger partial charge in [0.05, 0.1) is 24.6 Å². The Morgan fingerprint density at radius 2 is 2.23 bits per heavy atom. The van der Waals surface area contributed by atoms with Gasteiger partial charge in [0.25, 0.3) is 0 Å². The molecule has 0 aromatic heterocycles. The maximum absolute atomic E-state index is 13.6. The first kappa shape index (κ1) is 18.1. The van der Waals surface area contributed by atoms with Crippen molar-refractivity contribution in [3.05, 3.63) is 0 Å².